The minimum Gasteiger partial charge on any atom is -0.267 e. The van der Waals surface area contributed by atoms with E-state index in [1.807, 2.05) is 72.8 Å². The van der Waals surface area contributed by atoms with Gasteiger partial charge in [0.1, 0.15) is 0 Å². The van der Waals surface area contributed by atoms with Crippen LogP contribution in [0, 0.1) is 0 Å². The van der Waals surface area contributed by atoms with E-state index in [9.17, 15) is 4.79 Å². The first-order chi connectivity index (χ1) is 12.7. The predicted molar refractivity (Wildman–Crippen MR) is 107 cm³/mol. The van der Waals surface area contributed by atoms with Gasteiger partial charge in [-0.2, -0.15) is 5.10 Å². The highest BCUT2D eigenvalue weighted by molar-refractivity contribution is 9.10. The van der Waals surface area contributed by atoms with E-state index in [1.165, 1.54) is 0 Å². The summed E-state index contributed by atoms with van der Waals surface area (Å²) in [6.45, 7) is 0. The molecule has 1 amide bonds. The molecule has 4 rings (SSSR count). The summed E-state index contributed by atoms with van der Waals surface area (Å²) in [6, 6.07) is 27.4. The smallest absolute Gasteiger partial charge is 0.267 e. The first-order valence-corrected chi connectivity index (χ1v) is 9.28. The van der Waals surface area contributed by atoms with Gasteiger partial charge in [-0.3, -0.25) is 4.79 Å². The maximum absolute atomic E-state index is 13.1. The average molecular weight is 405 g/mol. The van der Waals surface area contributed by atoms with Crippen molar-refractivity contribution >= 4 is 27.5 Å². The Bertz CT molecular complexity index is 937. The first-order valence-electron chi connectivity index (χ1n) is 8.49. The number of hydrogen-bond acceptors (Lipinski definition) is 2. The van der Waals surface area contributed by atoms with Gasteiger partial charge in [0.15, 0.2) is 0 Å². The molecule has 1 atom stereocenters. The fourth-order valence-electron chi connectivity index (χ4n) is 3.16. The number of carbonyl (C=O) groups is 1. The lowest BCUT2D eigenvalue weighted by molar-refractivity contribution is 0.0711. The molecule has 0 aliphatic carbocycles. The van der Waals surface area contributed by atoms with Gasteiger partial charge in [0.2, 0.25) is 0 Å². The van der Waals surface area contributed by atoms with Crippen LogP contribution in [0.5, 0.6) is 0 Å². The van der Waals surface area contributed by atoms with Gasteiger partial charge in [0.05, 0.1) is 11.8 Å². The largest absolute Gasteiger partial charge is 0.274 e. The van der Waals surface area contributed by atoms with E-state index in [1.54, 1.807) is 5.01 Å². The SMILES string of the molecule is O=C(c1ccccc1)N1N=C(c2ccc(Br)cc2)C[C@H]1c1ccccc1. The zero-order valence-electron chi connectivity index (χ0n) is 14.0. The first kappa shape index (κ1) is 16.7. The van der Waals surface area contributed by atoms with Crippen LogP contribution in [-0.2, 0) is 0 Å². The molecule has 0 bridgehead atoms. The Morgan fingerprint density at radius 1 is 0.885 bits per heavy atom. The normalized spacial score (nSPS) is 16.4. The van der Waals surface area contributed by atoms with Gasteiger partial charge < -0.3 is 0 Å². The van der Waals surface area contributed by atoms with E-state index in [4.69, 9.17) is 5.10 Å². The summed E-state index contributed by atoms with van der Waals surface area (Å²) in [6.07, 6.45) is 0.699. The van der Waals surface area contributed by atoms with Crippen LogP contribution in [0.25, 0.3) is 0 Å². The van der Waals surface area contributed by atoms with Crippen molar-refractivity contribution in [2.75, 3.05) is 0 Å². The van der Waals surface area contributed by atoms with E-state index in [0.29, 0.717) is 12.0 Å². The molecule has 1 aliphatic heterocycles. The Hall–Kier alpha value is -2.72. The monoisotopic (exact) mass is 404 g/mol. The third-order valence-electron chi connectivity index (χ3n) is 4.50. The zero-order chi connectivity index (χ0) is 17.9. The molecule has 0 saturated heterocycles. The maximum atomic E-state index is 13.1. The number of halogens is 1. The quantitative estimate of drug-likeness (QED) is 0.571. The summed E-state index contributed by atoms with van der Waals surface area (Å²) in [7, 11) is 0. The van der Waals surface area contributed by atoms with Crippen molar-refractivity contribution < 1.29 is 4.79 Å². The molecule has 1 aliphatic rings. The predicted octanol–water partition coefficient (Wildman–Crippen LogP) is 5.44. The van der Waals surface area contributed by atoms with Crippen molar-refractivity contribution in [3.05, 3.63) is 106 Å². The number of hydrazone groups is 1. The van der Waals surface area contributed by atoms with Gasteiger partial charge in [-0.1, -0.05) is 76.6 Å². The Morgan fingerprint density at radius 3 is 2.15 bits per heavy atom. The minimum absolute atomic E-state index is 0.0773. The average Bonchev–Trinajstić information content (AvgIpc) is 3.15. The number of amides is 1. The van der Waals surface area contributed by atoms with Gasteiger partial charge in [0.25, 0.3) is 5.91 Å². The lowest BCUT2D eigenvalue weighted by Gasteiger charge is -2.22. The van der Waals surface area contributed by atoms with Gasteiger partial charge in [0, 0.05) is 16.5 Å². The van der Waals surface area contributed by atoms with Crippen molar-refractivity contribution in [3.8, 4) is 0 Å². The molecular formula is C22H17BrN2O. The second-order valence-electron chi connectivity index (χ2n) is 6.20. The summed E-state index contributed by atoms with van der Waals surface area (Å²) in [5.41, 5.74) is 3.70. The van der Waals surface area contributed by atoms with Gasteiger partial charge in [-0.25, -0.2) is 5.01 Å². The second kappa shape index (κ2) is 7.26. The highest BCUT2D eigenvalue weighted by atomic mass is 79.9. The van der Waals surface area contributed by atoms with Crippen molar-refractivity contribution in [2.24, 2.45) is 5.10 Å². The van der Waals surface area contributed by atoms with E-state index < -0.39 is 0 Å². The molecule has 1 heterocycles. The molecule has 0 unspecified atom stereocenters. The summed E-state index contributed by atoms with van der Waals surface area (Å²) in [5.74, 6) is -0.0773. The molecule has 0 spiro atoms. The summed E-state index contributed by atoms with van der Waals surface area (Å²) < 4.78 is 1.02. The fraction of sp³-hybridized carbons (Fsp3) is 0.0909. The third kappa shape index (κ3) is 3.33. The van der Waals surface area contributed by atoms with Crippen LogP contribution in [0.1, 0.15) is 33.9 Å². The Morgan fingerprint density at radius 2 is 1.50 bits per heavy atom. The van der Waals surface area contributed by atoms with Crippen molar-refractivity contribution in [2.45, 2.75) is 12.5 Å². The highest BCUT2D eigenvalue weighted by Crippen LogP contribution is 2.34. The van der Waals surface area contributed by atoms with Gasteiger partial charge >= 0.3 is 0 Å². The summed E-state index contributed by atoms with van der Waals surface area (Å²) >= 11 is 3.46. The molecule has 4 heteroatoms. The van der Waals surface area contributed by atoms with Crippen molar-refractivity contribution in [1.82, 2.24) is 5.01 Å². The lowest BCUT2D eigenvalue weighted by atomic mass is 9.98. The molecule has 0 aromatic heterocycles. The van der Waals surface area contributed by atoms with Crippen LogP contribution < -0.4 is 0 Å². The molecule has 0 saturated carbocycles. The molecule has 3 aromatic rings. The second-order valence-corrected chi connectivity index (χ2v) is 7.12. The fourth-order valence-corrected chi connectivity index (χ4v) is 3.43. The van der Waals surface area contributed by atoms with Crippen molar-refractivity contribution in [3.63, 3.8) is 0 Å². The molecule has 0 radical (unpaired) electrons. The Labute approximate surface area is 161 Å². The van der Waals surface area contributed by atoms with Crippen LogP contribution >= 0.6 is 15.9 Å². The molecule has 26 heavy (non-hydrogen) atoms. The van der Waals surface area contributed by atoms with E-state index in [2.05, 4.69) is 28.1 Å². The zero-order valence-corrected chi connectivity index (χ0v) is 15.6. The highest BCUT2D eigenvalue weighted by Gasteiger charge is 2.33. The number of carbonyl (C=O) groups excluding carboxylic acids is 1. The molecular weight excluding hydrogens is 388 g/mol. The Balaban J connectivity index is 1.72. The number of nitrogens with zero attached hydrogens (tertiary/aromatic N) is 2. The lowest BCUT2D eigenvalue weighted by Crippen LogP contribution is -2.27. The molecule has 0 N–H and O–H groups in total. The van der Waals surface area contributed by atoms with Gasteiger partial charge in [-0.05, 0) is 35.4 Å². The van der Waals surface area contributed by atoms with Crippen LogP contribution in [0.3, 0.4) is 0 Å². The topological polar surface area (TPSA) is 32.7 Å². The molecule has 128 valence electrons. The molecule has 3 aromatic carbocycles. The number of benzene rings is 3. The molecule has 3 nitrogen and oxygen atoms in total. The van der Waals surface area contributed by atoms with Crippen LogP contribution in [-0.4, -0.2) is 16.6 Å². The Kier molecular flexibility index (Phi) is 4.67. The van der Waals surface area contributed by atoms with E-state index in [-0.39, 0.29) is 11.9 Å². The summed E-state index contributed by atoms with van der Waals surface area (Å²) in [5, 5.41) is 6.33. The number of rotatable bonds is 3. The third-order valence-corrected chi connectivity index (χ3v) is 5.03. The van der Waals surface area contributed by atoms with Crippen LogP contribution in [0.15, 0.2) is 94.5 Å². The van der Waals surface area contributed by atoms with Crippen LogP contribution in [0.4, 0.5) is 0 Å². The van der Waals surface area contributed by atoms with E-state index in [0.717, 1.165) is 21.3 Å². The van der Waals surface area contributed by atoms with Gasteiger partial charge in [-0.15, -0.1) is 0 Å². The standard InChI is InChI=1S/C22H17BrN2O/c23-19-13-11-16(12-14-19)20-15-21(17-7-3-1-4-8-17)25(24-20)22(26)18-9-5-2-6-10-18/h1-14,21H,15H2/t21-/m0/s1. The van der Waals surface area contributed by atoms with Crippen LogP contribution in [0.2, 0.25) is 0 Å². The number of hydrogen-bond donors (Lipinski definition) is 0. The molecule has 0 fully saturated rings. The summed E-state index contributed by atoms with van der Waals surface area (Å²) in [4.78, 5) is 13.1. The maximum Gasteiger partial charge on any atom is 0.274 e. The van der Waals surface area contributed by atoms with Crippen molar-refractivity contribution in [1.29, 1.82) is 0 Å². The van der Waals surface area contributed by atoms with E-state index >= 15 is 0 Å². The minimum atomic E-state index is -0.0949.